The number of aromatic nitrogens is 2. The van der Waals surface area contributed by atoms with Crippen LogP contribution in [-0.2, 0) is 4.43 Å². The molecule has 0 saturated heterocycles. The van der Waals surface area contributed by atoms with E-state index < -0.39 is 8.32 Å². The lowest BCUT2D eigenvalue weighted by molar-refractivity contribution is 0.292. The second kappa shape index (κ2) is 11.3. The molecule has 0 N–H and O–H groups in total. The molecular weight excluding hydrogens is 494 g/mol. The number of ether oxygens (including phenoxy) is 1. The maximum Gasteiger partial charge on any atom is 0.261 e. The predicted molar refractivity (Wildman–Crippen MR) is 142 cm³/mol. The molecule has 3 aromatic rings. The lowest BCUT2D eigenvalue weighted by Gasteiger charge is -2.43. The first-order valence-electron chi connectivity index (χ1n) is 11.4. The van der Waals surface area contributed by atoms with Crippen molar-refractivity contribution >= 4 is 40.6 Å². The summed E-state index contributed by atoms with van der Waals surface area (Å²) in [6.07, 6.45) is 2.61. The topological polar surface area (TPSA) is 47.5 Å². The largest absolute Gasteiger partial charge is 0.480 e. The summed E-state index contributed by atoms with van der Waals surface area (Å²) in [5.74, 6) is 1.21. The maximum atomic E-state index is 7.00. The van der Waals surface area contributed by atoms with E-state index >= 15 is 0 Å². The molecule has 0 fully saturated rings. The SMILES string of the molecule is CCN(CCCO[Si](c1ccccc1)(c1ccccc1)C(C)(C)C)c1ncc(Br)c(OC)n1. The van der Waals surface area contributed by atoms with Gasteiger partial charge in [-0.1, -0.05) is 81.4 Å². The molecule has 1 heterocycles. The Hall–Kier alpha value is -2.22. The second-order valence-electron chi connectivity index (χ2n) is 8.97. The molecule has 0 bridgehead atoms. The highest BCUT2D eigenvalue weighted by Gasteiger charge is 2.49. The van der Waals surface area contributed by atoms with Crippen molar-refractivity contribution in [3.63, 3.8) is 0 Å². The maximum absolute atomic E-state index is 7.00. The third kappa shape index (κ3) is 5.65. The smallest absolute Gasteiger partial charge is 0.261 e. The average molecular weight is 529 g/mol. The zero-order valence-electron chi connectivity index (χ0n) is 20.2. The monoisotopic (exact) mass is 527 g/mol. The number of methoxy groups -OCH3 is 1. The molecule has 0 unspecified atom stereocenters. The van der Waals surface area contributed by atoms with Gasteiger partial charge in [0, 0.05) is 19.7 Å². The minimum Gasteiger partial charge on any atom is -0.480 e. The molecule has 176 valence electrons. The van der Waals surface area contributed by atoms with Crippen molar-refractivity contribution in [3.05, 3.63) is 71.3 Å². The summed E-state index contributed by atoms with van der Waals surface area (Å²) in [5, 5.41) is 2.58. The zero-order chi connectivity index (χ0) is 23.9. The van der Waals surface area contributed by atoms with Crippen LogP contribution in [-0.4, -0.2) is 45.1 Å². The lowest BCUT2D eigenvalue weighted by Crippen LogP contribution is -2.66. The van der Waals surface area contributed by atoms with E-state index in [1.165, 1.54) is 10.4 Å². The van der Waals surface area contributed by atoms with Gasteiger partial charge in [-0.25, -0.2) is 4.98 Å². The van der Waals surface area contributed by atoms with Crippen molar-refractivity contribution in [1.82, 2.24) is 9.97 Å². The normalized spacial score (nSPS) is 11.9. The van der Waals surface area contributed by atoms with E-state index in [0.717, 1.165) is 24.0 Å². The third-order valence-corrected chi connectivity index (χ3v) is 11.5. The Kier molecular flexibility index (Phi) is 8.67. The summed E-state index contributed by atoms with van der Waals surface area (Å²) in [5.41, 5.74) is 0. The van der Waals surface area contributed by atoms with Crippen molar-refractivity contribution < 1.29 is 9.16 Å². The van der Waals surface area contributed by atoms with Crippen LogP contribution in [0.1, 0.15) is 34.1 Å². The molecule has 33 heavy (non-hydrogen) atoms. The number of nitrogens with zero attached hydrogens (tertiary/aromatic N) is 3. The number of hydrogen-bond acceptors (Lipinski definition) is 5. The molecule has 7 heteroatoms. The first-order chi connectivity index (χ1) is 15.8. The average Bonchev–Trinajstić information content (AvgIpc) is 2.82. The van der Waals surface area contributed by atoms with E-state index in [1.807, 2.05) is 0 Å². The summed E-state index contributed by atoms with van der Waals surface area (Å²) in [4.78, 5) is 11.2. The number of rotatable bonds is 10. The fourth-order valence-corrected chi connectivity index (χ4v) is 9.24. The molecule has 0 amide bonds. The van der Waals surface area contributed by atoms with Crippen LogP contribution in [0.5, 0.6) is 5.88 Å². The Balaban J connectivity index is 1.82. The molecule has 0 atom stereocenters. The van der Waals surface area contributed by atoms with Crippen molar-refractivity contribution in [2.75, 3.05) is 31.7 Å². The fourth-order valence-electron chi connectivity index (χ4n) is 4.28. The van der Waals surface area contributed by atoms with Crippen molar-refractivity contribution in [2.45, 2.75) is 39.2 Å². The Morgan fingerprint density at radius 2 is 1.55 bits per heavy atom. The number of hydrogen-bond donors (Lipinski definition) is 0. The molecule has 2 aromatic carbocycles. The molecule has 5 nitrogen and oxygen atoms in total. The van der Waals surface area contributed by atoms with Gasteiger partial charge in [0.2, 0.25) is 11.8 Å². The van der Waals surface area contributed by atoms with Gasteiger partial charge in [0.1, 0.15) is 0 Å². The van der Waals surface area contributed by atoms with Crippen LogP contribution in [0, 0.1) is 0 Å². The van der Waals surface area contributed by atoms with Crippen LogP contribution in [0.15, 0.2) is 71.3 Å². The predicted octanol–water partition coefficient (Wildman–Crippen LogP) is 5.04. The van der Waals surface area contributed by atoms with E-state index in [4.69, 9.17) is 9.16 Å². The van der Waals surface area contributed by atoms with Crippen LogP contribution >= 0.6 is 15.9 Å². The fraction of sp³-hybridized carbons (Fsp3) is 0.385. The first-order valence-corrected chi connectivity index (χ1v) is 14.1. The number of halogens is 1. The van der Waals surface area contributed by atoms with Gasteiger partial charge >= 0.3 is 0 Å². The summed E-state index contributed by atoms with van der Waals surface area (Å²) in [7, 11) is -0.893. The van der Waals surface area contributed by atoms with Crippen molar-refractivity contribution in [3.8, 4) is 5.88 Å². The molecule has 0 spiro atoms. The van der Waals surface area contributed by atoms with E-state index in [9.17, 15) is 0 Å². The van der Waals surface area contributed by atoms with E-state index in [1.54, 1.807) is 13.3 Å². The lowest BCUT2D eigenvalue weighted by atomic mass is 10.2. The van der Waals surface area contributed by atoms with Crippen LogP contribution in [0.2, 0.25) is 5.04 Å². The summed E-state index contributed by atoms with van der Waals surface area (Å²) in [6.45, 7) is 11.3. The minimum absolute atomic E-state index is 0.0255. The molecule has 0 radical (unpaired) electrons. The highest BCUT2D eigenvalue weighted by Crippen LogP contribution is 2.36. The third-order valence-electron chi connectivity index (χ3n) is 5.86. The van der Waals surface area contributed by atoms with Gasteiger partial charge in [0.15, 0.2) is 0 Å². The molecule has 1 aromatic heterocycles. The number of anilines is 1. The van der Waals surface area contributed by atoms with Crippen molar-refractivity contribution in [2.24, 2.45) is 0 Å². The molecule has 0 aliphatic rings. The highest BCUT2D eigenvalue weighted by atomic mass is 79.9. The van der Waals surface area contributed by atoms with Gasteiger partial charge < -0.3 is 14.1 Å². The second-order valence-corrected chi connectivity index (χ2v) is 14.1. The van der Waals surface area contributed by atoms with Gasteiger partial charge in [-0.3, -0.25) is 0 Å². The standard InChI is InChI=1S/C26H34BrN3O2Si/c1-6-30(25-28-20-23(27)24(29-25)31-5)18-13-19-32-33(26(2,3)4,21-14-9-7-10-15-21)22-16-11-8-12-17-22/h7-12,14-17,20H,6,13,18-19H2,1-5H3. The van der Waals surface area contributed by atoms with Crippen molar-refractivity contribution in [1.29, 1.82) is 0 Å². The van der Waals surface area contributed by atoms with Crippen LogP contribution in [0.3, 0.4) is 0 Å². The van der Waals surface area contributed by atoms with Gasteiger partial charge in [-0.2, -0.15) is 4.98 Å². The minimum atomic E-state index is -2.51. The van der Waals surface area contributed by atoms with Crippen LogP contribution in [0.4, 0.5) is 5.95 Å². The van der Waals surface area contributed by atoms with Crippen LogP contribution in [0.25, 0.3) is 0 Å². The van der Waals surface area contributed by atoms with Gasteiger partial charge in [-0.05, 0) is 44.7 Å². The summed E-state index contributed by atoms with van der Waals surface area (Å²) >= 11 is 3.43. The van der Waals surface area contributed by atoms with Gasteiger partial charge in [-0.15, -0.1) is 0 Å². The first kappa shape index (κ1) is 25.4. The molecule has 3 rings (SSSR count). The highest BCUT2D eigenvalue weighted by molar-refractivity contribution is 9.10. The Labute approximate surface area is 207 Å². The van der Waals surface area contributed by atoms with E-state index in [0.29, 0.717) is 18.4 Å². The molecular formula is C26H34BrN3O2Si. The Bertz CT molecular complexity index is 974. The summed E-state index contributed by atoms with van der Waals surface area (Å²) in [6, 6.07) is 21.5. The van der Waals surface area contributed by atoms with Crippen LogP contribution < -0.4 is 20.0 Å². The molecule has 0 saturated carbocycles. The van der Waals surface area contributed by atoms with E-state index in [2.05, 4.69) is 119 Å². The zero-order valence-corrected chi connectivity index (χ0v) is 22.8. The Morgan fingerprint density at radius 1 is 0.970 bits per heavy atom. The number of benzene rings is 2. The van der Waals surface area contributed by atoms with Gasteiger partial charge in [0.25, 0.3) is 8.32 Å². The molecule has 0 aliphatic carbocycles. The molecule has 0 aliphatic heterocycles. The van der Waals surface area contributed by atoms with Gasteiger partial charge in [0.05, 0.1) is 17.8 Å². The van der Waals surface area contributed by atoms with E-state index in [-0.39, 0.29) is 5.04 Å². The summed E-state index contributed by atoms with van der Waals surface area (Å²) < 4.78 is 13.1. The Morgan fingerprint density at radius 3 is 2.03 bits per heavy atom. The quantitative estimate of drug-likeness (QED) is 0.273.